The number of anilines is 1. The van der Waals surface area contributed by atoms with Crippen LogP contribution in [0.2, 0.25) is 0 Å². The van der Waals surface area contributed by atoms with Gasteiger partial charge in [0.15, 0.2) is 0 Å². The topological polar surface area (TPSA) is 79.7 Å². The molecule has 1 amide bonds. The molecule has 2 aromatic rings. The second kappa shape index (κ2) is 6.81. The minimum Gasteiger partial charge on any atom is -0.481 e. The van der Waals surface area contributed by atoms with Crippen LogP contribution in [-0.4, -0.2) is 42.2 Å². The van der Waals surface area contributed by atoms with Gasteiger partial charge in [-0.1, -0.05) is 18.2 Å². The fourth-order valence-corrected chi connectivity index (χ4v) is 2.09. The molecule has 2 rings (SSSR count). The smallest absolute Gasteiger partial charge is 0.305 e. The first kappa shape index (κ1) is 14.9. The van der Waals surface area contributed by atoms with Gasteiger partial charge in [0, 0.05) is 25.2 Å². The second-order valence-corrected chi connectivity index (χ2v) is 4.47. The number of hydrogen-bond acceptors (Lipinski definition) is 4. The average molecular weight is 288 g/mol. The quantitative estimate of drug-likeness (QED) is 0.875. The van der Waals surface area contributed by atoms with E-state index in [2.05, 4.69) is 4.98 Å². The molecule has 0 spiro atoms. The van der Waals surface area contributed by atoms with E-state index in [1.54, 1.807) is 12.3 Å². The van der Waals surface area contributed by atoms with Gasteiger partial charge in [-0.15, -0.1) is 0 Å². The van der Waals surface area contributed by atoms with Crippen LogP contribution < -0.4 is 4.90 Å². The summed E-state index contributed by atoms with van der Waals surface area (Å²) in [6.07, 6.45) is 1.50. The molecule has 6 heteroatoms. The van der Waals surface area contributed by atoms with Gasteiger partial charge in [0.2, 0.25) is 0 Å². The molecule has 0 saturated carbocycles. The van der Waals surface area contributed by atoms with Crippen molar-refractivity contribution < 1.29 is 19.4 Å². The van der Waals surface area contributed by atoms with Gasteiger partial charge in [0.25, 0.3) is 5.91 Å². The molecule has 1 N–H and O–H groups in total. The number of aromatic nitrogens is 1. The average Bonchev–Trinajstić information content (AvgIpc) is 2.47. The Balaban J connectivity index is 2.42. The van der Waals surface area contributed by atoms with Crippen LogP contribution in [-0.2, 0) is 14.3 Å². The van der Waals surface area contributed by atoms with Gasteiger partial charge < -0.3 is 14.7 Å². The summed E-state index contributed by atoms with van der Waals surface area (Å²) in [7, 11) is 1.43. The van der Waals surface area contributed by atoms with Crippen molar-refractivity contribution in [2.75, 3.05) is 25.2 Å². The number of carboxylic acid groups (broad SMARTS) is 1. The molecular formula is C15H16N2O4. The molecule has 0 aliphatic carbocycles. The maximum Gasteiger partial charge on any atom is 0.305 e. The SMILES string of the molecule is COCC(=O)N(CCC(=O)O)c1cccc2cccnc12. The summed E-state index contributed by atoms with van der Waals surface area (Å²) in [5, 5.41) is 9.74. The summed E-state index contributed by atoms with van der Waals surface area (Å²) in [6.45, 7) is -0.0317. The van der Waals surface area contributed by atoms with E-state index >= 15 is 0 Å². The maximum atomic E-state index is 12.2. The van der Waals surface area contributed by atoms with E-state index in [4.69, 9.17) is 9.84 Å². The molecule has 1 aromatic heterocycles. The van der Waals surface area contributed by atoms with Crippen molar-refractivity contribution in [1.82, 2.24) is 4.98 Å². The zero-order valence-corrected chi connectivity index (χ0v) is 11.7. The molecule has 0 unspecified atom stereocenters. The number of nitrogens with zero attached hydrogens (tertiary/aromatic N) is 2. The lowest BCUT2D eigenvalue weighted by molar-refractivity contribution is -0.136. The van der Waals surface area contributed by atoms with Gasteiger partial charge in [-0.05, 0) is 12.1 Å². The van der Waals surface area contributed by atoms with Crippen LogP contribution in [0.5, 0.6) is 0 Å². The Bertz CT molecular complexity index is 652. The van der Waals surface area contributed by atoms with Crippen LogP contribution in [0.3, 0.4) is 0 Å². The number of amides is 1. The van der Waals surface area contributed by atoms with Crippen molar-refractivity contribution in [2.45, 2.75) is 6.42 Å². The Morgan fingerprint density at radius 1 is 1.29 bits per heavy atom. The molecule has 0 bridgehead atoms. The standard InChI is InChI=1S/C15H16N2O4/c1-21-10-13(18)17(9-7-14(19)20)12-6-2-4-11-5-3-8-16-15(11)12/h2-6,8H,7,9-10H2,1H3,(H,19,20). The first-order valence-corrected chi connectivity index (χ1v) is 6.48. The molecule has 0 aliphatic heterocycles. The fourth-order valence-electron chi connectivity index (χ4n) is 2.09. The number of para-hydroxylation sites is 1. The number of methoxy groups -OCH3 is 1. The largest absolute Gasteiger partial charge is 0.481 e. The molecular weight excluding hydrogens is 272 g/mol. The van der Waals surface area contributed by atoms with Crippen LogP contribution in [0.1, 0.15) is 6.42 Å². The summed E-state index contributed by atoms with van der Waals surface area (Å²) in [6, 6.07) is 9.16. The molecule has 110 valence electrons. The molecule has 0 atom stereocenters. The van der Waals surface area contributed by atoms with E-state index in [1.807, 2.05) is 24.3 Å². The normalized spacial score (nSPS) is 10.5. The van der Waals surface area contributed by atoms with Crippen molar-refractivity contribution >= 4 is 28.5 Å². The molecule has 0 aliphatic rings. The van der Waals surface area contributed by atoms with Crippen LogP contribution in [0, 0.1) is 0 Å². The molecule has 6 nitrogen and oxygen atoms in total. The predicted molar refractivity (Wildman–Crippen MR) is 78.2 cm³/mol. The summed E-state index contributed by atoms with van der Waals surface area (Å²) in [5.41, 5.74) is 1.26. The van der Waals surface area contributed by atoms with Gasteiger partial charge in [-0.25, -0.2) is 0 Å². The number of pyridine rings is 1. The minimum atomic E-state index is -0.960. The summed E-state index contributed by atoms with van der Waals surface area (Å²) in [4.78, 5) is 28.7. The number of aliphatic carboxylic acids is 1. The van der Waals surface area contributed by atoms with Gasteiger partial charge in [0.05, 0.1) is 17.6 Å². The number of carbonyl (C=O) groups is 2. The lowest BCUT2D eigenvalue weighted by atomic mass is 10.1. The third-order valence-electron chi connectivity index (χ3n) is 3.02. The predicted octanol–water partition coefficient (Wildman–Crippen LogP) is 1.69. The summed E-state index contributed by atoms with van der Waals surface area (Å²) < 4.78 is 4.87. The Morgan fingerprint density at radius 2 is 2.05 bits per heavy atom. The zero-order chi connectivity index (χ0) is 15.2. The van der Waals surface area contributed by atoms with E-state index in [0.29, 0.717) is 11.2 Å². The van der Waals surface area contributed by atoms with Crippen molar-refractivity contribution in [2.24, 2.45) is 0 Å². The van der Waals surface area contributed by atoms with E-state index < -0.39 is 5.97 Å². The van der Waals surface area contributed by atoms with Crippen LogP contribution in [0.25, 0.3) is 10.9 Å². The highest BCUT2D eigenvalue weighted by molar-refractivity contribution is 6.02. The molecule has 0 saturated heterocycles. The lowest BCUT2D eigenvalue weighted by Gasteiger charge is -2.22. The van der Waals surface area contributed by atoms with Crippen molar-refractivity contribution in [3.8, 4) is 0 Å². The van der Waals surface area contributed by atoms with E-state index in [0.717, 1.165) is 5.39 Å². The van der Waals surface area contributed by atoms with Crippen molar-refractivity contribution in [1.29, 1.82) is 0 Å². The maximum absolute atomic E-state index is 12.2. The van der Waals surface area contributed by atoms with Crippen LogP contribution in [0.4, 0.5) is 5.69 Å². The Kier molecular flexibility index (Phi) is 4.84. The number of fused-ring (bicyclic) bond motifs is 1. The second-order valence-electron chi connectivity index (χ2n) is 4.47. The molecule has 0 fully saturated rings. The van der Waals surface area contributed by atoms with Crippen molar-refractivity contribution in [3.05, 3.63) is 36.5 Å². The first-order chi connectivity index (χ1) is 10.1. The van der Waals surface area contributed by atoms with Gasteiger partial charge >= 0.3 is 5.97 Å². The van der Waals surface area contributed by atoms with E-state index in [1.165, 1.54) is 12.0 Å². The third-order valence-corrected chi connectivity index (χ3v) is 3.02. The zero-order valence-electron chi connectivity index (χ0n) is 11.7. The number of carbonyl (C=O) groups excluding carboxylic acids is 1. The third kappa shape index (κ3) is 3.55. The highest BCUT2D eigenvalue weighted by atomic mass is 16.5. The van der Waals surface area contributed by atoms with Gasteiger partial charge in [-0.3, -0.25) is 14.6 Å². The van der Waals surface area contributed by atoms with E-state index in [9.17, 15) is 9.59 Å². The molecule has 1 aromatic carbocycles. The first-order valence-electron chi connectivity index (χ1n) is 6.48. The van der Waals surface area contributed by atoms with Gasteiger partial charge in [0.1, 0.15) is 6.61 Å². The summed E-state index contributed by atoms with van der Waals surface area (Å²) in [5.74, 6) is -1.25. The lowest BCUT2D eigenvalue weighted by Crippen LogP contribution is -2.35. The Labute approximate surface area is 122 Å². The Hall–Kier alpha value is -2.47. The number of hydrogen-bond donors (Lipinski definition) is 1. The molecule has 1 heterocycles. The highest BCUT2D eigenvalue weighted by Crippen LogP contribution is 2.25. The Morgan fingerprint density at radius 3 is 2.76 bits per heavy atom. The monoisotopic (exact) mass is 288 g/mol. The van der Waals surface area contributed by atoms with Gasteiger partial charge in [-0.2, -0.15) is 0 Å². The minimum absolute atomic E-state index is 0.0766. The van der Waals surface area contributed by atoms with Crippen molar-refractivity contribution in [3.63, 3.8) is 0 Å². The summed E-state index contributed by atoms with van der Waals surface area (Å²) >= 11 is 0. The fraction of sp³-hybridized carbons (Fsp3) is 0.267. The van der Waals surface area contributed by atoms with Crippen LogP contribution >= 0.6 is 0 Å². The molecule has 21 heavy (non-hydrogen) atoms. The van der Waals surface area contributed by atoms with E-state index in [-0.39, 0.29) is 25.5 Å². The van der Waals surface area contributed by atoms with Crippen LogP contribution in [0.15, 0.2) is 36.5 Å². The molecule has 0 radical (unpaired) electrons. The number of rotatable bonds is 6. The number of carboxylic acids is 1. The number of ether oxygens (including phenoxy) is 1. The highest BCUT2D eigenvalue weighted by Gasteiger charge is 2.19. The number of benzene rings is 1.